The molecule has 0 amide bonds. The van der Waals surface area contributed by atoms with Gasteiger partial charge in [-0.05, 0) is 0 Å². The molecule has 0 aliphatic heterocycles. The number of unbranched alkanes of at least 4 members (excludes halogenated alkanes) is 10. The van der Waals surface area contributed by atoms with Gasteiger partial charge in [0.1, 0.15) is 0 Å². The van der Waals surface area contributed by atoms with Gasteiger partial charge < -0.3 is 0 Å². The summed E-state index contributed by atoms with van der Waals surface area (Å²) in [7, 11) is 0. The molecule has 2 aromatic carbocycles. The van der Waals surface area contributed by atoms with Gasteiger partial charge in [0.25, 0.3) is 0 Å². The SMILES string of the molecule is CCCCCCC[CH2][Sn]([CH2]CCCCCCC)([O]C(=O)c1cccc(O)c1O)[O]C(=O)c1cccc(O)c1O. The van der Waals surface area contributed by atoms with E-state index in [1.807, 2.05) is 0 Å². The molecule has 9 heteroatoms. The van der Waals surface area contributed by atoms with Crippen LogP contribution in [0.1, 0.15) is 112 Å². The minimum absolute atomic E-state index is 0.196. The molecule has 0 heterocycles. The molecule has 4 N–H and O–H groups in total. The van der Waals surface area contributed by atoms with Crippen molar-refractivity contribution in [2.45, 2.75) is 99.8 Å². The Morgan fingerprint density at radius 3 is 1.33 bits per heavy atom. The summed E-state index contributed by atoms with van der Waals surface area (Å²) in [5.41, 5.74) is -0.392. The summed E-state index contributed by atoms with van der Waals surface area (Å²) in [5, 5.41) is 40.4. The normalized spacial score (nSPS) is 11.3. The van der Waals surface area contributed by atoms with E-state index in [1.165, 1.54) is 36.4 Å². The second-order valence-electron chi connectivity index (χ2n) is 10.1. The number of hydrogen-bond donors (Lipinski definition) is 4. The zero-order chi connectivity index (χ0) is 28.7. The fraction of sp³-hybridized carbons (Fsp3) is 0.533. The molecule has 0 bridgehead atoms. The zero-order valence-electron chi connectivity index (χ0n) is 23.3. The van der Waals surface area contributed by atoms with Gasteiger partial charge in [-0.1, -0.05) is 0 Å². The number of aromatic hydroxyl groups is 4. The van der Waals surface area contributed by atoms with E-state index in [0.717, 1.165) is 64.2 Å². The molecule has 0 fully saturated rings. The van der Waals surface area contributed by atoms with E-state index in [2.05, 4.69) is 13.8 Å². The van der Waals surface area contributed by atoms with Gasteiger partial charge in [-0.3, -0.25) is 0 Å². The first-order chi connectivity index (χ1) is 18.7. The van der Waals surface area contributed by atoms with Gasteiger partial charge in [0.05, 0.1) is 0 Å². The van der Waals surface area contributed by atoms with Crippen molar-refractivity contribution < 1.29 is 36.2 Å². The average molecular weight is 651 g/mol. The van der Waals surface area contributed by atoms with Crippen LogP contribution >= 0.6 is 0 Å². The van der Waals surface area contributed by atoms with Crippen LogP contribution in [-0.2, 0) is 6.15 Å². The van der Waals surface area contributed by atoms with Crippen LogP contribution in [0, 0.1) is 0 Å². The molecule has 0 saturated heterocycles. The molecule has 39 heavy (non-hydrogen) atoms. The monoisotopic (exact) mass is 652 g/mol. The molecular formula is C30H44O8Sn. The third kappa shape index (κ3) is 10.5. The quantitative estimate of drug-likeness (QED) is 0.0733. The van der Waals surface area contributed by atoms with Crippen molar-refractivity contribution in [1.29, 1.82) is 0 Å². The first kappa shape index (κ1) is 32.6. The minimum atomic E-state index is -4.57. The molecule has 2 rings (SSSR count). The first-order valence-corrected chi connectivity index (χ1v) is 20.6. The van der Waals surface area contributed by atoms with E-state index in [1.54, 1.807) is 0 Å². The van der Waals surface area contributed by atoms with Crippen molar-refractivity contribution >= 4 is 31.1 Å². The number of carbonyl (C=O) groups excluding carboxylic acids is 2. The van der Waals surface area contributed by atoms with Crippen LogP contribution in [0.2, 0.25) is 8.87 Å². The van der Waals surface area contributed by atoms with Crippen LogP contribution in [-0.4, -0.2) is 51.6 Å². The van der Waals surface area contributed by atoms with Crippen molar-refractivity contribution in [3.05, 3.63) is 47.5 Å². The fourth-order valence-corrected chi connectivity index (χ4v) is 13.6. The molecule has 0 radical (unpaired) electrons. The Hall–Kier alpha value is -2.62. The van der Waals surface area contributed by atoms with Crippen LogP contribution in [0.25, 0.3) is 0 Å². The summed E-state index contributed by atoms with van der Waals surface area (Å²) in [5.74, 6) is -3.75. The molecule has 0 atom stereocenters. The summed E-state index contributed by atoms with van der Waals surface area (Å²) >= 11 is -4.57. The molecule has 216 valence electrons. The molecule has 0 aliphatic rings. The van der Waals surface area contributed by atoms with E-state index >= 15 is 0 Å². The molecule has 8 nitrogen and oxygen atoms in total. The Morgan fingerprint density at radius 2 is 0.949 bits per heavy atom. The summed E-state index contributed by atoms with van der Waals surface area (Å²) in [6.45, 7) is 4.29. The molecule has 2 aromatic rings. The Labute approximate surface area is 237 Å². The third-order valence-corrected chi connectivity index (χ3v) is 16.4. The average Bonchev–Trinajstić information content (AvgIpc) is 2.91. The first-order valence-electron chi connectivity index (χ1n) is 14.2. The van der Waals surface area contributed by atoms with Crippen molar-refractivity contribution in [3.63, 3.8) is 0 Å². The molecule has 0 saturated carbocycles. The van der Waals surface area contributed by atoms with E-state index < -0.39 is 54.1 Å². The Morgan fingerprint density at radius 1 is 0.590 bits per heavy atom. The molecular weight excluding hydrogens is 607 g/mol. The van der Waals surface area contributed by atoms with Crippen molar-refractivity contribution in [3.8, 4) is 23.0 Å². The second-order valence-corrected chi connectivity index (χ2v) is 19.3. The van der Waals surface area contributed by atoms with Crippen LogP contribution in [0.5, 0.6) is 23.0 Å². The van der Waals surface area contributed by atoms with Gasteiger partial charge in [-0.25, -0.2) is 0 Å². The molecule has 0 aromatic heterocycles. The number of hydrogen-bond acceptors (Lipinski definition) is 8. The van der Waals surface area contributed by atoms with Crippen LogP contribution < -0.4 is 0 Å². The fourth-order valence-electron chi connectivity index (χ4n) is 4.54. The predicted octanol–water partition coefficient (Wildman–Crippen LogP) is 7.69. The summed E-state index contributed by atoms with van der Waals surface area (Å²) < 4.78 is 13.1. The Bertz CT molecular complexity index is 972. The van der Waals surface area contributed by atoms with Crippen molar-refractivity contribution in [2.75, 3.05) is 0 Å². The third-order valence-electron chi connectivity index (χ3n) is 6.85. The van der Waals surface area contributed by atoms with E-state index in [0.29, 0.717) is 21.7 Å². The second kappa shape index (κ2) is 17.1. The maximum atomic E-state index is 13.3. The molecule has 0 spiro atoms. The Balaban J connectivity index is 2.35. The number of benzene rings is 2. The van der Waals surface area contributed by atoms with Gasteiger partial charge >= 0.3 is 238 Å². The van der Waals surface area contributed by atoms with Gasteiger partial charge in [-0.2, -0.15) is 0 Å². The van der Waals surface area contributed by atoms with Gasteiger partial charge in [0.15, 0.2) is 0 Å². The predicted molar refractivity (Wildman–Crippen MR) is 152 cm³/mol. The van der Waals surface area contributed by atoms with Gasteiger partial charge in [0.2, 0.25) is 0 Å². The topological polar surface area (TPSA) is 134 Å². The standard InChI is InChI=1S/2C8H17.2C7H6O4.Sn/c2*1-3-5-7-8-6-4-2;2*8-5-3-1-2-4(6(5)9)7(10)11;/h2*1,3-8H2,2H3;2*1-3,8-9H,(H,10,11);/q;;;;+2/p-2. The number of para-hydroxylation sites is 2. The Kier molecular flexibility index (Phi) is 14.3. The van der Waals surface area contributed by atoms with Crippen LogP contribution in [0.3, 0.4) is 0 Å². The van der Waals surface area contributed by atoms with Gasteiger partial charge in [-0.15, -0.1) is 0 Å². The van der Waals surface area contributed by atoms with Crippen molar-refractivity contribution in [2.24, 2.45) is 0 Å². The molecule has 0 aliphatic carbocycles. The summed E-state index contributed by atoms with van der Waals surface area (Å²) in [6, 6.07) is 8.10. The van der Waals surface area contributed by atoms with E-state index in [-0.39, 0.29) is 11.1 Å². The van der Waals surface area contributed by atoms with Crippen LogP contribution in [0.15, 0.2) is 36.4 Å². The van der Waals surface area contributed by atoms with E-state index in [9.17, 15) is 30.0 Å². The van der Waals surface area contributed by atoms with Gasteiger partial charge in [0, 0.05) is 0 Å². The van der Waals surface area contributed by atoms with Crippen molar-refractivity contribution in [1.82, 2.24) is 0 Å². The number of rotatable bonds is 18. The number of carbonyl (C=O) groups is 2. The summed E-state index contributed by atoms with van der Waals surface area (Å²) in [4.78, 5) is 26.6. The zero-order valence-corrected chi connectivity index (χ0v) is 26.1. The number of phenols is 4. The molecule has 0 unspecified atom stereocenters. The number of phenolic OH excluding ortho intramolecular Hbond substituents is 4. The van der Waals surface area contributed by atoms with Crippen LogP contribution in [0.4, 0.5) is 0 Å². The van der Waals surface area contributed by atoms with E-state index in [4.69, 9.17) is 6.15 Å². The summed E-state index contributed by atoms with van der Waals surface area (Å²) in [6.07, 6.45) is 12.0. The maximum absolute atomic E-state index is 13.3.